The van der Waals surface area contributed by atoms with E-state index in [2.05, 4.69) is 10.3 Å². The van der Waals surface area contributed by atoms with Crippen LogP contribution in [0.3, 0.4) is 0 Å². The normalized spacial score (nSPS) is 15.6. The molecule has 6 nitrogen and oxygen atoms in total. The third kappa shape index (κ3) is 3.27. The lowest BCUT2D eigenvalue weighted by Gasteiger charge is -2.22. The van der Waals surface area contributed by atoms with E-state index in [1.54, 1.807) is 24.7 Å². The van der Waals surface area contributed by atoms with Gasteiger partial charge in [0.2, 0.25) is 0 Å². The Bertz CT molecular complexity index is 634. The number of nitro benzene ring substituents is 1. The zero-order chi connectivity index (χ0) is 15.4. The van der Waals surface area contributed by atoms with Gasteiger partial charge in [0.1, 0.15) is 5.69 Å². The van der Waals surface area contributed by atoms with Gasteiger partial charge in [-0.05, 0) is 30.9 Å². The number of nitrogens with one attached hydrogen (secondary N) is 1. The predicted octanol–water partition coefficient (Wildman–Crippen LogP) is 3.77. The number of imidazole rings is 1. The first-order chi connectivity index (χ1) is 10.7. The second kappa shape index (κ2) is 6.60. The molecule has 0 spiro atoms. The monoisotopic (exact) mass is 300 g/mol. The molecule has 6 heteroatoms. The van der Waals surface area contributed by atoms with Crippen molar-refractivity contribution in [2.45, 2.75) is 32.1 Å². The number of nitrogens with zero attached hydrogens (tertiary/aromatic N) is 3. The van der Waals surface area contributed by atoms with E-state index in [1.807, 2.05) is 16.8 Å². The molecule has 1 aliphatic carbocycles. The second-order valence-electron chi connectivity index (χ2n) is 5.81. The van der Waals surface area contributed by atoms with E-state index < -0.39 is 0 Å². The number of anilines is 1. The summed E-state index contributed by atoms with van der Waals surface area (Å²) in [4.78, 5) is 14.9. The molecule has 1 N–H and O–H groups in total. The summed E-state index contributed by atoms with van der Waals surface area (Å²) in [5.74, 6) is 0.616. The topological polar surface area (TPSA) is 73.0 Å². The van der Waals surface area contributed by atoms with E-state index in [0.29, 0.717) is 11.6 Å². The Hall–Kier alpha value is -2.37. The molecule has 0 unspecified atom stereocenters. The highest BCUT2D eigenvalue weighted by Gasteiger charge is 2.18. The molecule has 116 valence electrons. The minimum Gasteiger partial charge on any atom is -0.379 e. The summed E-state index contributed by atoms with van der Waals surface area (Å²) in [7, 11) is 0. The van der Waals surface area contributed by atoms with Crippen molar-refractivity contribution in [1.29, 1.82) is 0 Å². The molecule has 1 aromatic carbocycles. The highest BCUT2D eigenvalue weighted by molar-refractivity contribution is 5.65. The van der Waals surface area contributed by atoms with Crippen LogP contribution in [0.1, 0.15) is 32.1 Å². The molecule has 0 radical (unpaired) electrons. The third-order valence-corrected chi connectivity index (χ3v) is 4.29. The van der Waals surface area contributed by atoms with Gasteiger partial charge < -0.3 is 9.88 Å². The number of rotatable bonds is 5. The summed E-state index contributed by atoms with van der Waals surface area (Å²) in [5.41, 5.74) is 1.58. The van der Waals surface area contributed by atoms with E-state index in [9.17, 15) is 10.1 Å². The van der Waals surface area contributed by atoms with Gasteiger partial charge in [0.15, 0.2) is 0 Å². The van der Waals surface area contributed by atoms with E-state index >= 15 is 0 Å². The first kappa shape index (κ1) is 14.6. The van der Waals surface area contributed by atoms with Crippen LogP contribution in [0, 0.1) is 16.0 Å². The Balaban J connectivity index is 1.79. The van der Waals surface area contributed by atoms with E-state index in [0.717, 1.165) is 12.2 Å². The van der Waals surface area contributed by atoms with Gasteiger partial charge in [-0.2, -0.15) is 0 Å². The first-order valence-corrected chi connectivity index (χ1v) is 7.74. The van der Waals surface area contributed by atoms with Crippen molar-refractivity contribution in [3.8, 4) is 5.69 Å². The van der Waals surface area contributed by atoms with E-state index in [1.165, 1.54) is 32.1 Å². The SMILES string of the molecule is O=[N+]([O-])c1ccc(-n2ccnc2)cc1NCC1CCCCC1. The Labute approximate surface area is 129 Å². The van der Waals surface area contributed by atoms with Crippen LogP contribution >= 0.6 is 0 Å². The molecule has 1 saturated carbocycles. The van der Waals surface area contributed by atoms with Gasteiger partial charge in [0.05, 0.1) is 11.3 Å². The Morgan fingerprint density at radius 2 is 2.14 bits per heavy atom. The van der Waals surface area contributed by atoms with Gasteiger partial charge in [0, 0.05) is 30.7 Å². The summed E-state index contributed by atoms with van der Waals surface area (Å²) in [5, 5.41) is 14.5. The minimum atomic E-state index is -0.332. The number of nitro groups is 1. The van der Waals surface area contributed by atoms with Crippen LogP contribution in [-0.2, 0) is 0 Å². The molecule has 1 heterocycles. The van der Waals surface area contributed by atoms with Crippen LogP contribution in [-0.4, -0.2) is 21.0 Å². The van der Waals surface area contributed by atoms with Crippen LogP contribution in [0.15, 0.2) is 36.9 Å². The molecule has 0 bridgehead atoms. The quantitative estimate of drug-likeness (QED) is 0.674. The summed E-state index contributed by atoms with van der Waals surface area (Å²) in [6.45, 7) is 0.800. The fourth-order valence-electron chi connectivity index (χ4n) is 3.04. The lowest BCUT2D eigenvalue weighted by molar-refractivity contribution is -0.384. The Kier molecular flexibility index (Phi) is 4.37. The van der Waals surface area contributed by atoms with Crippen molar-refractivity contribution in [2.24, 2.45) is 5.92 Å². The maximum atomic E-state index is 11.2. The summed E-state index contributed by atoms with van der Waals surface area (Å²) < 4.78 is 1.84. The molecule has 0 saturated heterocycles. The molecular formula is C16H20N4O2. The van der Waals surface area contributed by atoms with Crippen molar-refractivity contribution in [3.63, 3.8) is 0 Å². The molecule has 22 heavy (non-hydrogen) atoms. The molecule has 1 fully saturated rings. The number of aromatic nitrogens is 2. The molecule has 3 rings (SSSR count). The average Bonchev–Trinajstić information content (AvgIpc) is 3.08. The van der Waals surface area contributed by atoms with Crippen LogP contribution in [0.25, 0.3) is 5.69 Å². The molecule has 2 aromatic rings. The fraction of sp³-hybridized carbons (Fsp3) is 0.438. The minimum absolute atomic E-state index is 0.125. The Morgan fingerprint density at radius 3 is 2.82 bits per heavy atom. The maximum Gasteiger partial charge on any atom is 0.292 e. The van der Waals surface area contributed by atoms with Gasteiger partial charge >= 0.3 is 0 Å². The standard InChI is InChI=1S/C16H20N4O2/c21-20(22)16-7-6-14(19-9-8-17-12-19)10-15(16)18-11-13-4-2-1-3-5-13/h6-10,12-13,18H,1-5,11H2. The van der Waals surface area contributed by atoms with Crippen molar-refractivity contribution < 1.29 is 4.92 Å². The molecule has 0 amide bonds. The smallest absolute Gasteiger partial charge is 0.292 e. The van der Waals surface area contributed by atoms with Crippen LogP contribution in [0.2, 0.25) is 0 Å². The molecule has 1 aromatic heterocycles. The number of hydrogen-bond donors (Lipinski definition) is 1. The first-order valence-electron chi connectivity index (χ1n) is 7.74. The van der Waals surface area contributed by atoms with Crippen molar-refractivity contribution >= 4 is 11.4 Å². The van der Waals surface area contributed by atoms with Gasteiger partial charge in [0.25, 0.3) is 5.69 Å². The predicted molar refractivity (Wildman–Crippen MR) is 85.3 cm³/mol. The van der Waals surface area contributed by atoms with Gasteiger partial charge in [-0.25, -0.2) is 4.98 Å². The van der Waals surface area contributed by atoms with Gasteiger partial charge in [-0.15, -0.1) is 0 Å². The van der Waals surface area contributed by atoms with Crippen molar-refractivity contribution in [3.05, 3.63) is 47.0 Å². The fourth-order valence-corrected chi connectivity index (χ4v) is 3.04. The molecule has 1 aliphatic rings. The Morgan fingerprint density at radius 1 is 1.32 bits per heavy atom. The van der Waals surface area contributed by atoms with Crippen LogP contribution in [0.4, 0.5) is 11.4 Å². The van der Waals surface area contributed by atoms with Crippen molar-refractivity contribution in [1.82, 2.24) is 9.55 Å². The highest BCUT2D eigenvalue weighted by Crippen LogP contribution is 2.29. The highest BCUT2D eigenvalue weighted by atomic mass is 16.6. The molecule has 0 aliphatic heterocycles. The molecular weight excluding hydrogens is 280 g/mol. The number of hydrogen-bond acceptors (Lipinski definition) is 4. The van der Waals surface area contributed by atoms with Gasteiger partial charge in [-0.3, -0.25) is 10.1 Å². The largest absolute Gasteiger partial charge is 0.379 e. The lowest BCUT2D eigenvalue weighted by atomic mass is 9.89. The zero-order valence-electron chi connectivity index (χ0n) is 12.4. The van der Waals surface area contributed by atoms with Crippen molar-refractivity contribution in [2.75, 3.05) is 11.9 Å². The zero-order valence-corrected chi connectivity index (χ0v) is 12.4. The van der Waals surface area contributed by atoms with E-state index in [4.69, 9.17) is 0 Å². The molecule has 0 atom stereocenters. The average molecular weight is 300 g/mol. The van der Waals surface area contributed by atoms with Gasteiger partial charge in [-0.1, -0.05) is 19.3 Å². The summed E-state index contributed by atoms with van der Waals surface area (Å²) in [6, 6.07) is 5.12. The summed E-state index contributed by atoms with van der Waals surface area (Å²) in [6.07, 6.45) is 11.5. The van der Waals surface area contributed by atoms with Crippen LogP contribution < -0.4 is 5.32 Å². The summed E-state index contributed by atoms with van der Waals surface area (Å²) >= 11 is 0. The number of benzene rings is 1. The lowest BCUT2D eigenvalue weighted by Crippen LogP contribution is -2.17. The van der Waals surface area contributed by atoms with Crippen LogP contribution in [0.5, 0.6) is 0 Å². The third-order valence-electron chi connectivity index (χ3n) is 4.29. The van der Waals surface area contributed by atoms with E-state index in [-0.39, 0.29) is 10.6 Å². The second-order valence-corrected chi connectivity index (χ2v) is 5.81. The maximum absolute atomic E-state index is 11.2.